The first-order valence-corrected chi connectivity index (χ1v) is 10.7. The van der Waals surface area contributed by atoms with Gasteiger partial charge in [-0.3, -0.25) is 0 Å². The van der Waals surface area contributed by atoms with Crippen molar-refractivity contribution in [2.75, 3.05) is 33.0 Å². The third-order valence-electron chi connectivity index (χ3n) is 3.81. The summed E-state index contributed by atoms with van der Waals surface area (Å²) in [4.78, 5) is -0.218. The molecule has 1 fully saturated rings. The normalized spacial score (nSPS) is 19.5. The molecule has 1 unspecified atom stereocenters. The van der Waals surface area contributed by atoms with Crippen LogP contribution in [0.4, 0.5) is 0 Å². The van der Waals surface area contributed by atoms with Gasteiger partial charge < -0.3 is 10.1 Å². The van der Waals surface area contributed by atoms with Crippen molar-refractivity contribution in [3.05, 3.63) is 18.2 Å². The Balaban J connectivity index is 2.26. The maximum absolute atomic E-state index is 12.5. The zero-order valence-electron chi connectivity index (χ0n) is 13.2. The predicted octanol–water partition coefficient (Wildman–Crippen LogP) is 0.377. The summed E-state index contributed by atoms with van der Waals surface area (Å²) < 4.78 is 56.0. The van der Waals surface area contributed by atoms with Crippen molar-refractivity contribution in [1.29, 1.82) is 0 Å². The van der Waals surface area contributed by atoms with Crippen LogP contribution in [0.2, 0.25) is 0 Å². The molecule has 2 rings (SSSR count). The molecule has 0 saturated carbocycles. The van der Waals surface area contributed by atoms with E-state index >= 15 is 0 Å². The van der Waals surface area contributed by atoms with Crippen LogP contribution in [0.25, 0.3) is 0 Å². The van der Waals surface area contributed by atoms with Crippen molar-refractivity contribution in [1.82, 2.24) is 10.0 Å². The van der Waals surface area contributed by atoms with Crippen LogP contribution in [0.3, 0.4) is 0 Å². The van der Waals surface area contributed by atoms with Crippen molar-refractivity contribution < 1.29 is 21.6 Å². The Labute approximate surface area is 137 Å². The highest BCUT2D eigenvalue weighted by Crippen LogP contribution is 2.27. The standard InChI is InChI=1S/C14H22N2O5S2/c1-21-13-6-5-12(22(2,17)18)8-14(13)23(19,20)16-10-11-4-3-7-15-9-11/h5-6,8,11,15-16H,3-4,7,9-10H2,1-2H3. The molecule has 1 atom stereocenters. The third kappa shape index (κ3) is 4.66. The number of hydrogen-bond acceptors (Lipinski definition) is 6. The number of piperidine rings is 1. The second-order valence-electron chi connectivity index (χ2n) is 5.65. The van der Waals surface area contributed by atoms with Gasteiger partial charge in [-0.2, -0.15) is 0 Å². The van der Waals surface area contributed by atoms with Gasteiger partial charge in [0.1, 0.15) is 10.6 Å². The second kappa shape index (κ2) is 7.16. The molecule has 23 heavy (non-hydrogen) atoms. The van der Waals surface area contributed by atoms with Crippen LogP contribution in [0.15, 0.2) is 28.0 Å². The molecule has 0 spiro atoms. The van der Waals surface area contributed by atoms with Crippen LogP contribution in [0.1, 0.15) is 12.8 Å². The van der Waals surface area contributed by atoms with Gasteiger partial charge in [0.15, 0.2) is 9.84 Å². The molecule has 1 aromatic rings. The Morgan fingerprint density at radius 3 is 2.61 bits per heavy atom. The van der Waals surface area contributed by atoms with Crippen molar-refractivity contribution in [2.24, 2.45) is 5.92 Å². The van der Waals surface area contributed by atoms with E-state index < -0.39 is 19.9 Å². The zero-order valence-corrected chi connectivity index (χ0v) is 14.8. The summed E-state index contributed by atoms with van der Waals surface area (Å²) in [5.41, 5.74) is 0. The van der Waals surface area contributed by atoms with Gasteiger partial charge >= 0.3 is 0 Å². The number of benzene rings is 1. The first-order valence-electron chi connectivity index (χ1n) is 7.32. The monoisotopic (exact) mass is 362 g/mol. The van der Waals surface area contributed by atoms with E-state index in [4.69, 9.17) is 4.74 Å². The van der Waals surface area contributed by atoms with Crippen LogP contribution in [0.5, 0.6) is 5.75 Å². The number of sulfone groups is 1. The number of rotatable bonds is 6. The van der Waals surface area contributed by atoms with E-state index in [1.165, 1.54) is 19.2 Å². The third-order valence-corrected chi connectivity index (χ3v) is 6.37. The molecule has 1 saturated heterocycles. The van der Waals surface area contributed by atoms with Gasteiger partial charge in [0.25, 0.3) is 0 Å². The number of ether oxygens (including phenoxy) is 1. The first-order chi connectivity index (χ1) is 10.7. The van der Waals surface area contributed by atoms with Crippen molar-refractivity contribution in [2.45, 2.75) is 22.6 Å². The summed E-state index contributed by atoms with van der Waals surface area (Å²) in [6.45, 7) is 2.03. The highest BCUT2D eigenvalue weighted by Gasteiger charge is 2.24. The predicted molar refractivity (Wildman–Crippen MR) is 86.9 cm³/mol. The average Bonchev–Trinajstić information content (AvgIpc) is 2.52. The number of methoxy groups -OCH3 is 1. The fraction of sp³-hybridized carbons (Fsp3) is 0.571. The second-order valence-corrected chi connectivity index (χ2v) is 9.40. The van der Waals surface area contributed by atoms with Gasteiger partial charge in [-0.25, -0.2) is 21.6 Å². The smallest absolute Gasteiger partial charge is 0.244 e. The molecule has 1 aliphatic heterocycles. The topological polar surface area (TPSA) is 102 Å². The van der Waals surface area contributed by atoms with Crippen LogP contribution < -0.4 is 14.8 Å². The van der Waals surface area contributed by atoms with E-state index in [1.54, 1.807) is 0 Å². The number of sulfonamides is 1. The van der Waals surface area contributed by atoms with Crippen molar-refractivity contribution >= 4 is 19.9 Å². The number of hydrogen-bond donors (Lipinski definition) is 2. The molecule has 0 aromatic heterocycles. The summed E-state index contributed by atoms with van der Waals surface area (Å²) in [7, 11) is -6.01. The largest absolute Gasteiger partial charge is 0.495 e. The molecular weight excluding hydrogens is 340 g/mol. The molecule has 7 nitrogen and oxygen atoms in total. The molecule has 1 heterocycles. The Morgan fingerprint density at radius 1 is 1.30 bits per heavy atom. The maximum atomic E-state index is 12.5. The Morgan fingerprint density at radius 2 is 2.04 bits per heavy atom. The Kier molecular flexibility index (Phi) is 5.66. The Hall–Kier alpha value is -1.16. The molecule has 2 N–H and O–H groups in total. The van der Waals surface area contributed by atoms with Gasteiger partial charge in [-0.1, -0.05) is 0 Å². The van der Waals surface area contributed by atoms with Crippen LogP contribution in [0, 0.1) is 5.92 Å². The van der Waals surface area contributed by atoms with E-state index in [0.29, 0.717) is 6.54 Å². The van der Waals surface area contributed by atoms with Crippen molar-refractivity contribution in [3.63, 3.8) is 0 Å². The van der Waals surface area contributed by atoms with Crippen LogP contribution >= 0.6 is 0 Å². The summed E-state index contributed by atoms with van der Waals surface area (Å²) in [6, 6.07) is 3.82. The summed E-state index contributed by atoms with van der Waals surface area (Å²) >= 11 is 0. The fourth-order valence-corrected chi connectivity index (χ4v) is 4.53. The number of nitrogens with one attached hydrogen (secondary N) is 2. The molecule has 0 amide bonds. The lowest BCUT2D eigenvalue weighted by atomic mass is 10.0. The van der Waals surface area contributed by atoms with Gasteiger partial charge in [0.05, 0.1) is 12.0 Å². The lowest BCUT2D eigenvalue weighted by molar-refractivity contribution is 0.374. The minimum absolute atomic E-state index is 0.0574. The highest BCUT2D eigenvalue weighted by atomic mass is 32.2. The molecular formula is C14H22N2O5S2. The maximum Gasteiger partial charge on any atom is 0.244 e. The minimum Gasteiger partial charge on any atom is -0.495 e. The molecule has 1 aliphatic rings. The summed E-state index contributed by atoms with van der Waals surface area (Å²) in [5.74, 6) is 0.342. The van der Waals surface area contributed by atoms with Crippen LogP contribution in [-0.2, 0) is 19.9 Å². The van der Waals surface area contributed by atoms with Gasteiger partial charge in [-0.15, -0.1) is 0 Å². The van der Waals surface area contributed by atoms with E-state index in [2.05, 4.69) is 10.0 Å². The first kappa shape index (κ1) is 18.2. The zero-order chi connectivity index (χ0) is 17.1. The fourth-order valence-electron chi connectivity index (χ4n) is 2.50. The molecule has 0 bridgehead atoms. The molecule has 130 valence electrons. The molecule has 9 heteroatoms. The minimum atomic E-state index is -3.85. The lowest BCUT2D eigenvalue weighted by Gasteiger charge is -2.23. The average molecular weight is 362 g/mol. The highest BCUT2D eigenvalue weighted by molar-refractivity contribution is 7.91. The van der Waals surface area contributed by atoms with Crippen molar-refractivity contribution in [3.8, 4) is 5.75 Å². The van der Waals surface area contributed by atoms with Crippen LogP contribution in [-0.4, -0.2) is 49.8 Å². The van der Waals surface area contributed by atoms with Gasteiger partial charge in [0.2, 0.25) is 10.0 Å². The van der Waals surface area contributed by atoms with Gasteiger partial charge in [0, 0.05) is 12.8 Å². The van der Waals surface area contributed by atoms with E-state index in [0.717, 1.165) is 38.3 Å². The van der Waals surface area contributed by atoms with Gasteiger partial charge in [-0.05, 0) is 50.0 Å². The summed E-state index contributed by atoms with van der Waals surface area (Å²) in [5, 5.41) is 3.22. The Bertz CT molecular complexity index is 753. The van der Waals surface area contributed by atoms with E-state index in [-0.39, 0.29) is 21.5 Å². The molecule has 0 radical (unpaired) electrons. The lowest BCUT2D eigenvalue weighted by Crippen LogP contribution is -2.38. The quantitative estimate of drug-likeness (QED) is 0.758. The SMILES string of the molecule is COc1ccc(S(C)(=O)=O)cc1S(=O)(=O)NCC1CCCNC1. The molecule has 1 aromatic carbocycles. The molecule has 0 aliphatic carbocycles. The van der Waals surface area contributed by atoms with E-state index in [9.17, 15) is 16.8 Å². The van der Waals surface area contributed by atoms with E-state index in [1.807, 2.05) is 0 Å². The summed E-state index contributed by atoms with van der Waals surface area (Å²) in [6.07, 6.45) is 3.00.